The van der Waals surface area contributed by atoms with E-state index in [0.717, 1.165) is 12.7 Å². The zero-order chi connectivity index (χ0) is 35.6. The van der Waals surface area contributed by atoms with Gasteiger partial charge >= 0.3 is 25.7 Å². The summed E-state index contributed by atoms with van der Waals surface area (Å²) >= 11 is 0. The number of carbonyl (C=O) groups is 3. The third-order valence-corrected chi connectivity index (χ3v) is 8.68. The fourth-order valence-corrected chi connectivity index (χ4v) is 5.93. The first-order valence-corrected chi connectivity index (χ1v) is 16.6. The molecule has 16 nitrogen and oxygen atoms in total. The van der Waals surface area contributed by atoms with Gasteiger partial charge in [-0.1, -0.05) is 46.8 Å². The second-order valence-corrected chi connectivity index (χ2v) is 13.2. The van der Waals surface area contributed by atoms with Crippen LogP contribution in [0, 0.1) is 11.5 Å². The molecule has 0 radical (unpaired) electrons. The van der Waals surface area contributed by atoms with Gasteiger partial charge in [0, 0.05) is 12.8 Å². The number of ether oxygens (including phenoxy) is 4. The van der Waals surface area contributed by atoms with Gasteiger partial charge in [-0.15, -0.1) is 0 Å². The van der Waals surface area contributed by atoms with Crippen LogP contribution < -0.4 is 15.3 Å². The van der Waals surface area contributed by atoms with Crippen LogP contribution in [0.2, 0.25) is 0 Å². The molecule has 0 fully saturated rings. The van der Waals surface area contributed by atoms with E-state index in [-0.39, 0.29) is 35.5 Å². The van der Waals surface area contributed by atoms with Gasteiger partial charge in [0.05, 0.1) is 12.8 Å². The number of benzene rings is 1. The predicted molar refractivity (Wildman–Crippen MR) is 171 cm³/mol. The third-order valence-electron chi connectivity index (χ3n) is 7.04. The summed E-state index contributed by atoms with van der Waals surface area (Å²) in [4.78, 5) is 41.7. The van der Waals surface area contributed by atoms with Gasteiger partial charge in [-0.3, -0.25) is 18.9 Å². The molecule has 5 atom stereocenters. The highest BCUT2D eigenvalue weighted by atomic mass is 31.2. The molecule has 1 aromatic carbocycles. The number of nitriles is 1. The number of anilines is 1. The molecule has 1 unspecified atom stereocenters. The highest BCUT2D eigenvalue weighted by molar-refractivity contribution is 7.52. The van der Waals surface area contributed by atoms with Gasteiger partial charge in [-0.2, -0.15) is 15.4 Å². The van der Waals surface area contributed by atoms with Crippen LogP contribution in [0.5, 0.6) is 5.75 Å². The van der Waals surface area contributed by atoms with Crippen molar-refractivity contribution < 1.29 is 46.9 Å². The number of nitrogens with one attached hydrogen (secondary N) is 1. The summed E-state index contributed by atoms with van der Waals surface area (Å²) < 4.78 is 48.6. The SMILES string of the molecule is CCC(=O)O[C@H]([C@@H](COP(=O)(N[C@@H](C)C(=O)OC)Oc1ccc(C(C)(C)C)cc1)OC#N)[C@@H](OC(=O)CC)c1ccc2c(N)ncnn12. The molecule has 2 aromatic heterocycles. The van der Waals surface area contributed by atoms with Gasteiger partial charge in [0.15, 0.2) is 24.1 Å². The van der Waals surface area contributed by atoms with Gasteiger partial charge in [0.25, 0.3) is 6.26 Å². The van der Waals surface area contributed by atoms with Crippen LogP contribution in [-0.4, -0.2) is 64.5 Å². The number of rotatable bonds is 16. The molecule has 0 amide bonds. The zero-order valence-corrected chi connectivity index (χ0v) is 28.8. The van der Waals surface area contributed by atoms with Crippen molar-refractivity contribution in [2.24, 2.45) is 0 Å². The van der Waals surface area contributed by atoms with Crippen molar-refractivity contribution in [1.82, 2.24) is 19.7 Å². The topological polar surface area (TPSA) is 216 Å². The fraction of sp³-hybridized carbons (Fsp3) is 0.484. The Morgan fingerprint density at radius 2 is 1.71 bits per heavy atom. The Balaban J connectivity index is 2.06. The predicted octanol–water partition coefficient (Wildman–Crippen LogP) is 4.15. The summed E-state index contributed by atoms with van der Waals surface area (Å²) in [6, 6.07) is 8.67. The Morgan fingerprint density at radius 1 is 1.06 bits per heavy atom. The van der Waals surface area contributed by atoms with Crippen LogP contribution in [0.4, 0.5) is 5.82 Å². The van der Waals surface area contributed by atoms with Crippen LogP contribution in [0.3, 0.4) is 0 Å². The molecular weight excluding hydrogens is 647 g/mol. The monoisotopic (exact) mass is 688 g/mol. The highest BCUT2D eigenvalue weighted by Crippen LogP contribution is 2.46. The molecule has 260 valence electrons. The Bertz CT molecular complexity index is 1670. The number of aromatic nitrogens is 3. The van der Waals surface area contributed by atoms with Crippen LogP contribution in [-0.2, 0) is 47.8 Å². The van der Waals surface area contributed by atoms with Crippen molar-refractivity contribution in [3.05, 3.63) is 54.0 Å². The second-order valence-electron chi connectivity index (χ2n) is 11.6. The molecule has 48 heavy (non-hydrogen) atoms. The zero-order valence-electron chi connectivity index (χ0n) is 27.9. The van der Waals surface area contributed by atoms with E-state index in [1.54, 1.807) is 37.3 Å². The van der Waals surface area contributed by atoms with Crippen LogP contribution in [0.25, 0.3) is 5.52 Å². The second kappa shape index (κ2) is 16.4. The summed E-state index contributed by atoms with van der Waals surface area (Å²) in [5, 5.41) is 16.4. The van der Waals surface area contributed by atoms with Gasteiger partial charge in [0.2, 0.25) is 0 Å². The first kappa shape index (κ1) is 37.7. The summed E-state index contributed by atoms with van der Waals surface area (Å²) in [5.41, 5.74) is 7.35. The van der Waals surface area contributed by atoms with E-state index in [1.165, 1.54) is 37.0 Å². The van der Waals surface area contributed by atoms with E-state index in [1.807, 2.05) is 20.8 Å². The standard InChI is InChI=1S/C31H41N6O10P/c1-8-25(38)45-27(22-14-15-23-29(33)34-18-35-37(22)23)28(46-26(39)9-2)24(43-17-32)16-44-48(41,36-19(3)30(40)42-7)47-21-12-10-20(11-13-21)31(4,5)6/h10-15,18-19,24,27-28H,8-9,16H2,1-7H3,(H,36,41)(H2,33,34,35)/t19-,24+,27-,28+,48?/m0/s1. The first-order valence-electron chi connectivity index (χ1n) is 15.1. The molecule has 0 aliphatic rings. The highest BCUT2D eigenvalue weighted by Gasteiger charge is 2.42. The van der Waals surface area contributed by atoms with Gasteiger partial charge in [0.1, 0.15) is 30.2 Å². The van der Waals surface area contributed by atoms with E-state index in [2.05, 4.69) is 15.2 Å². The average Bonchev–Trinajstić information content (AvgIpc) is 3.49. The largest absolute Gasteiger partial charge is 0.468 e. The lowest BCUT2D eigenvalue weighted by atomic mass is 9.87. The summed E-state index contributed by atoms with van der Waals surface area (Å²) in [6.07, 6.45) is -1.97. The Labute approximate surface area is 278 Å². The van der Waals surface area contributed by atoms with Crippen LogP contribution in [0.15, 0.2) is 42.7 Å². The number of nitrogens with two attached hydrogens (primary N) is 1. The molecule has 3 aromatic rings. The van der Waals surface area contributed by atoms with Crippen molar-refractivity contribution >= 4 is 37.0 Å². The Kier molecular flexibility index (Phi) is 12.9. The maximum atomic E-state index is 14.2. The molecule has 3 rings (SSSR count). The van der Waals surface area contributed by atoms with E-state index in [9.17, 15) is 24.2 Å². The number of hydrogen-bond donors (Lipinski definition) is 2. The number of carbonyl (C=O) groups excluding carboxylic acids is 3. The molecular formula is C31H41N6O10P. The third kappa shape index (κ3) is 9.66. The molecule has 0 saturated carbocycles. The number of hydrogen-bond acceptors (Lipinski definition) is 14. The molecule has 17 heteroatoms. The smallest absolute Gasteiger partial charge is 0.459 e. The number of esters is 3. The number of methoxy groups -OCH3 is 1. The lowest BCUT2D eigenvalue weighted by molar-refractivity contribution is -0.180. The average molecular weight is 689 g/mol. The molecule has 0 saturated heterocycles. The quantitative estimate of drug-likeness (QED) is 0.0935. The summed E-state index contributed by atoms with van der Waals surface area (Å²) in [5.74, 6) is -1.94. The van der Waals surface area contributed by atoms with E-state index >= 15 is 0 Å². The summed E-state index contributed by atoms with van der Waals surface area (Å²) in [6.45, 7) is 9.83. The van der Waals surface area contributed by atoms with Crippen molar-refractivity contribution in [2.45, 2.75) is 84.2 Å². The molecule has 3 N–H and O–H groups in total. The normalized spacial score (nSPS) is 15.2. The van der Waals surface area contributed by atoms with Crippen LogP contribution >= 0.6 is 7.75 Å². The lowest BCUT2D eigenvalue weighted by Gasteiger charge is -2.32. The number of fused-ring (bicyclic) bond motifs is 1. The lowest BCUT2D eigenvalue weighted by Crippen LogP contribution is -2.43. The van der Waals surface area contributed by atoms with Crippen molar-refractivity contribution in [1.29, 1.82) is 5.26 Å². The van der Waals surface area contributed by atoms with Crippen LogP contribution in [0.1, 0.15) is 71.7 Å². The van der Waals surface area contributed by atoms with Crippen molar-refractivity contribution in [2.75, 3.05) is 19.5 Å². The Hall–Kier alpha value is -4.71. The minimum absolute atomic E-state index is 0.0575. The van der Waals surface area contributed by atoms with Crippen molar-refractivity contribution in [3.63, 3.8) is 0 Å². The molecule has 0 aliphatic heterocycles. The minimum atomic E-state index is -4.48. The number of nitrogen functional groups attached to an aromatic ring is 1. The fourth-order valence-electron chi connectivity index (χ4n) is 4.42. The molecule has 0 aliphatic carbocycles. The maximum Gasteiger partial charge on any atom is 0.459 e. The van der Waals surface area contributed by atoms with E-state index in [0.29, 0.717) is 5.52 Å². The number of nitrogens with zero attached hydrogens (tertiary/aromatic N) is 4. The van der Waals surface area contributed by atoms with Gasteiger partial charge in [-0.05, 0) is 42.2 Å². The van der Waals surface area contributed by atoms with E-state index in [4.69, 9.17) is 33.7 Å². The molecule has 0 spiro atoms. The first-order chi connectivity index (χ1) is 22.7. The van der Waals surface area contributed by atoms with Gasteiger partial charge < -0.3 is 29.2 Å². The Morgan fingerprint density at radius 3 is 2.29 bits per heavy atom. The van der Waals surface area contributed by atoms with Gasteiger partial charge in [-0.25, -0.2) is 14.1 Å². The molecule has 2 heterocycles. The maximum absolute atomic E-state index is 14.2. The van der Waals surface area contributed by atoms with E-state index < -0.39 is 56.6 Å². The minimum Gasteiger partial charge on any atom is -0.468 e. The molecule has 0 bridgehead atoms. The van der Waals surface area contributed by atoms with Crippen molar-refractivity contribution in [3.8, 4) is 12.0 Å². The summed E-state index contributed by atoms with van der Waals surface area (Å²) in [7, 11) is -3.32.